The second-order valence-electron chi connectivity index (χ2n) is 5.21. The first-order valence-electron chi connectivity index (χ1n) is 6.61. The number of anilines is 2. The summed E-state index contributed by atoms with van der Waals surface area (Å²) < 4.78 is 25.8. The first-order chi connectivity index (χ1) is 9.35. The van der Waals surface area contributed by atoms with Gasteiger partial charge in [0.25, 0.3) is 0 Å². The Bertz CT molecular complexity index is 589. The predicted octanol–water partition coefficient (Wildman–Crippen LogP) is 0.384. The fraction of sp³-hybridized carbons (Fsp3) is 0.538. The van der Waals surface area contributed by atoms with Crippen LogP contribution in [0.15, 0.2) is 23.1 Å². The van der Waals surface area contributed by atoms with E-state index < -0.39 is 10.0 Å². The van der Waals surface area contributed by atoms with Crippen molar-refractivity contribution in [2.75, 3.05) is 30.8 Å². The minimum Gasteiger partial charge on any atom is -0.398 e. The van der Waals surface area contributed by atoms with Crippen LogP contribution in [0.1, 0.15) is 13.3 Å². The molecule has 4 N–H and O–H groups in total. The molecule has 0 aliphatic carbocycles. The van der Waals surface area contributed by atoms with Gasteiger partial charge in [-0.05, 0) is 37.6 Å². The second-order valence-corrected chi connectivity index (χ2v) is 7.06. The number of aliphatic hydroxyl groups excluding tert-OH is 1. The zero-order valence-corrected chi connectivity index (χ0v) is 12.5. The van der Waals surface area contributed by atoms with Gasteiger partial charge in [0, 0.05) is 18.8 Å². The molecule has 2 unspecified atom stereocenters. The van der Waals surface area contributed by atoms with Crippen LogP contribution in [0.4, 0.5) is 11.4 Å². The maximum Gasteiger partial charge on any atom is 0.242 e. The monoisotopic (exact) mass is 299 g/mol. The largest absolute Gasteiger partial charge is 0.398 e. The number of aliphatic hydroxyl groups is 1. The Balaban J connectivity index is 2.26. The van der Waals surface area contributed by atoms with Crippen molar-refractivity contribution >= 4 is 21.4 Å². The van der Waals surface area contributed by atoms with E-state index in [1.54, 1.807) is 12.1 Å². The lowest BCUT2D eigenvalue weighted by molar-refractivity contribution is 0.103. The summed E-state index contributed by atoms with van der Waals surface area (Å²) in [6.07, 6.45) is 0.531. The molecular formula is C13H21N3O3S. The summed E-state index contributed by atoms with van der Waals surface area (Å²) in [6.45, 7) is 3.40. The van der Waals surface area contributed by atoms with E-state index in [1.165, 1.54) is 13.1 Å². The fourth-order valence-electron chi connectivity index (χ4n) is 2.37. The van der Waals surface area contributed by atoms with Crippen molar-refractivity contribution in [3.8, 4) is 0 Å². The van der Waals surface area contributed by atoms with Crippen LogP contribution < -0.4 is 15.4 Å². The molecule has 0 aromatic heterocycles. The number of benzene rings is 1. The Morgan fingerprint density at radius 2 is 2.15 bits per heavy atom. The number of nitrogens with two attached hydrogens (primary N) is 1. The molecule has 0 saturated carbocycles. The van der Waals surface area contributed by atoms with Gasteiger partial charge in [-0.3, -0.25) is 0 Å². The molecule has 20 heavy (non-hydrogen) atoms. The van der Waals surface area contributed by atoms with Crippen molar-refractivity contribution in [1.82, 2.24) is 4.72 Å². The molecule has 2 rings (SSSR count). The maximum absolute atomic E-state index is 11.8. The van der Waals surface area contributed by atoms with E-state index in [2.05, 4.69) is 4.72 Å². The SMILES string of the molecule is CNS(=O)(=O)c1ccc(N2CCC(C)C(O)C2)cc1N. The third-order valence-electron chi connectivity index (χ3n) is 3.84. The Labute approximate surface area is 119 Å². The summed E-state index contributed by atoms with van der Waals surface area (Å²) in [5, 5.41) is 9.92. The van der Waals surface area contributed by atoms with Crippen LogP contribution in [0.25, 0.3) is 0 Å². The van der Waals surface area contributed by atoms with Crippen LogP contribution in [0.5, 0.6) is 0 Å². The van der Waals surface area contributed by atoms with Crippen LogP contribution in [0.2, 0.25) is 0 Å². The van der Waals surface area contributed by atoms with Crippen molar-refractivity contribution < 1.29 is 13.5 Å². The summed E-state index contributed by atoms with van der Waals surface area (Å²) in [5.74, 6) is 0.285. The van der Waals surface area contributed by atoms with Crippen LogP contribution in [-0.2, 0) is 10.0 Å². The quantitative estimate of drug-likeness (QED) is 0.702. The Morgan fingerprint density at radius 3 is 2.70 bits per heavy atom. The first kappa shape index (κ1) is 15.1. The molecule has 1 aromatic rings. The van der Waals surface area contributed by atoms with E-state index in [1.807, 2.05) is 11.8 Å². The highest BCUT2D eigenvalue weighted by atomic mass is 32.2. The van der Waals surface area contributed by atoms with Gasteiger partial charge in [-0.1, -0.05) is 6.92 Å². The maximum atomic E-state index is 11.8. The smallest absolute Gasteiger partial charge is 0.242 e. The minimum atomic E-state index is -3.54. The number of sulfonamides is 1. The average molecular weight is 299 g/mol. The first-order valence-corrected chi connectivity index (χ1v) is 8.09. The third kappa shape index (κ3) is 2.89. The number of β-amino-alcohol motifs (C(OH)–C–C–N with tert-alkyl or cyclic N) is 1. The molecule has 0 spiro atoms. The van der Waals surface area contributed by atoms with Gasteiger partial charge < -0.3 is 15.7 Å². The fourth-order valence-corrected chi connectivity index (χ4v) is 3.21. The van der Waals surface area contributed by atoms with Gasteiger partial charge in [-0.15, -0.1) is 0 Å². The molecule has 1 aliphatic rings. The normalized spacial score (nSPS) is 23.9. The molecule has 0 amide bonds. The Hall–Kier alpha value is -1.31. The molecule has 1 heterocycles. The van der Waals surface area contributed by atoms with Crippen molar-refractivity contribution in [3.05, 3.63) is 18.2 Å². The van der Waals surface area contributed by atoms with Crippen LogP contribution in [-0.4, -0.2) is 39.8 Å². The highest BCUT2D eigenvalue weighted by Gasteiger charge is 2.25. The van der Waals surface area contributed by atoms with E-state index in [0.29, 0.717) is 6.54 Å². The van der Waals surface area contributed by atoms with Gasteiger partial charge in [0.05, 0.1) is 11.8 Å². The van der Waals surface area contributed by atoms with Crippen LogP contribution in [0.3, 0.4) is 0 Å². The summed E-state index contributed by atoms with van der Waals surface area (Å²) in [4.78, 5) is 2.10. The minimum absolute atomic E-state index is 0.0784. The molecule has 1 aromatic carbocycles. The number of nitrogens with zero attached hydrogens (tertiary/aromatic N) is 1. The number of nitrogen functional groups attached to an aromatic ring is 1. The van der Waals surface area contributed by atoms with E-state index >= 15 is 0 Å². The zero-order valence-electron chi connectivity index (χ0n) is 11.7. The van der Waals surface area contributed by atoms with E-state index in [9.17, 15) is 13.5 Å². The molecule has 1 saturated heterocycles. The Kier molecular flexibility index (Phi) is 4.22. The topological polar surface area (TPSA) is 95.7 Å². The molecule has 0 bridgehead atoms. The van der Waals surface area contributed by atoms with Gasteiger partial charge in [0.1, 0.15) is 4.90 Å². The lowest BCUT2D eigenvalue weighted by Gasteiger charge is -2.36. The van der Waals surface area contributed by atoms with Gasteiger partial charge in [-0.2, -0.15) is 0 Å². The number of nitrogens with one attached hydrogen (secondary N) is 1. The number of hydrogen-bond acceptors (Lipinski definition) is 5. The summed E-state index contributed by atoms with van der Waals surface area (Å²) in [6, 6.07) is 4.87. The van der Waals surface area contributed by atoms with Crippen LogP contribution in [0, 0.1) is 5.92 Å². The number of hydrogen-bond donors (Lipinski definition) is 3. The van der Waals surface area contributed by atoms with Crippen molar-refractivity contribution in [3.63, 3.8) is 0 Å². The molecule has 1 fully saturated rings. The summed E-state index contributed by atoms with van der Waals surface area (Å²) >= 11 is 0. The lowest BCUT2D eigenvalue weighted by atomic mass is 9.95. The van der Waals surface area contributed by atoms with Gasteiger partial charge in [0.2, 0.25) is 10.0 Å². The van der Waals surface area contributed by atoms with Crippen molar-refractivity contribution in [2.24, 2.45) is 5.92 Å². The van der Waals surface area contributed by atoms with E-state index in [4.69, 9.17) is 5.73 Å². The molecule has 112 valence electrons. The van der Waals surface area contributed by atoms with E-state index in [0.717, 1.165) is 18.7 Å². The predicted molar refractivity (Wildman–Crippen MR) is 79.1 cm³/mol. The molecule has 2 atom stereocenters. The van der Waals surface area contributed by atoms with Gasteiger partial charge in [-0.25, -0.2) is 13.1 Å². The standard InChI is InChI=1S/C13H21N3O3S/c1-9-5-6-16(8-12(9)17)10-3-4-13(11(14)7-10)20(18,19)15-2/h3-4,7,9,12,15,17H,5-6,8,14H2,1-2H3. The highest BCUT2D eigenvalue weighted by Crippen LogP contribution is 2.28. The molecular weight excluding hydrogens is 278 g/mol. The zero-order chi connectivity index (χ0) is 14.9. The van der Waals surface area contributed by atoms with Crippen LogP contribution >= 0.6 is 0 Å². The molecule has 7 heteroatoms. The molecule has 0 radical (unpaired) electrons. The molecule has 6 nitrogen and oxygen atoms in total. The second kappa shape index (κ2) is 5.59. The Morgan fingerprint density at radius 1 is 1.45 bits per heavy atom. The van der Waals surface area contributed by atoms with Gasteiger partial charge >= 0.3 is 0 Å². The lowest BCUT2D eigenvalue weighted by Crippen LogP contribution is -2.42. The number of rotatable bonds is 3. The highest BCUT2D eigenvalue weighted by molar-refractivity contribution is 7.89. The van der Waals surface area contributed by atoms with Gasteiger partial charge in [0.15, 0.2) is 0 Å². The van der Waals surface area contributed by atoms with E-state index in [-0.39, 0.29) is 22.6 Å². The van der Waals surface area contributed by atoms with Crippen molar-refractivity contribution in [2.45, 2.75) is 24.3 Å². The van der Waals surface area contributed by atoms with Crippen molar-refractivity contribution in [1.29, 1.82) is 0 Å². The third-order valence-corrected chi connectivity index (χ3v) is 5.32. The molecule has 1 aliphatic heterocycles. The number of piperidine rings is 1. The average Bonchev–Trinajstić information content (AvgIpc) is 2.41. The summed E-state index contributed by atoms with van der Waals surface area (Å²) in [5.41, 5.74) is 6.89. The summed E-state index contributed by atoms with van der Waals surface area (Å²) in [7, 11) is -2.19.